The number of aliphatic hydroxyl groups is 4. The molecule has 0 spiro atoms. The van der Waals surface area contributed by atoms with E-state index in [9.17, 15) is 24.9 Å². The minimum Gasteiger partial charge on any atom is -0.504 e. The Kier molecular flexibility index (Phi) is 7.95. The maximum atomic E-state index is 10.8. The third kappa shape index (κ3) is 6.40. The molecule has 1 fully saturated rings. The first-order chi connectivity index (χ1) is 16.9. The van der Waals surface area contributed by atoms with Crippen molar-refractivity contribution in [3.05, 3.63) is 47.5 Å². The fraction of sp³-hybridized carbons (Fsp3) is 0.364. The topological polar surface area (TPSA) is 172 Å². The molecule has 0 amide bonds. The zero-order valence-corrected chi connectivity index (χ0v) is 17.4. The summed E-state index contributed by atoms with van der Waals surface area (Å²) in [6.45, 7) is -0.645. The van der Waals surface area contributed by atoms with Crippen LogP contribution in [-0.4, -0.2) is 89.6 Å². The third-order valence-electron chi connectivity index (χ3n) is 4.65. The molecule has 2 aromatic carbocycles. The minimum atomic E-state index is -2.82. The van der Waals surface area contributed by atoms with E-state index in [-0.39, 0.29) is 22.8 Å². The average molecular weight is 469 g/mol. The zero-order chi connectivity index (χ0) is 27.0. The van der Waals surface area contributed by atoms with E-state index in [1.807, 2.05) is 0 Å². The highest BCUT2D eigenvalue weighted by atomic mass is 16.7. The largest absolute Gasteiger partial charge is 0.504 e. The van der Waals surface area contributed by atoms with Crippen molar-refractivity contribution in [3.63, 3.8) is 0 Å². The number of ether oxygens (including phenoxy) is 4. The number of carbonyl (C=O) groups is 2. The lowest BCUT2D eigenvalue weighted by atomic mass is 9.99. The van der Waals surface area contributed by atoms with E-state index in [1.54, 1.807) is 0 Å². The summed E-state index contributed by atoms with van der Waals surface area (Å²) in [5.74, 6) is -0.125. The second kappa shape index (κ2) is 12.1. The van der Waals surface area contributed by atoms with Gasteiger partial charge in [0.25, 0.3) is 0 Å². The highest BCUT2D eigenvalue weighted by Crippen LogP contribution is 2.31. The van der Waals surface area contributed by atoms with Crippen LogP contribution >= 0.6 is 0 Å². The Labute approximate surface area is 193 Å². The molecule has 5 atom stereocenters. The van der Waals surface area contributed by atoms with Gasteiger partial charge >= 0.3 is 0 Å². The minimum absolute atomic E-state index is 0.0399. The van der Waals surface area contributed by atoms with E-state index >= 15 is 0 Å². The maximum absolute atomic E-state index is 10.8. The molecule has 1 heterocycles. The summed E-state index contributed by atoms with van der Waals surface area (Å²) in [5, 5.41) is 47.7. The lowest BCUT2D eigenvalue weighted by molar-refractivity contribution is -0.277. The van der Waals surface area contributed by atoms with Crippen LogP contribution in [0.25, 0.3) is 0 Å². The number of carbonyl (C=O) groups excluding carboxylic acids is 2. The number of methoxy groups -OCH3 is 2. The molecule has 11 nitrogen and oxygen atoms in total. The Morgan fingerprint density at radius 2 is 1.58 bits per heavy atom. The van der Waals surface area contributed by atoms with Crippen LogP contribution in [0, 0.1) is 0 Å². The molecule has 5 N–H and O–H groups in total. The van der Waals surface area contributed by atoms with Gasteiger partial charge in [-0.1, -0.05) is 0 Å². The number of benzene rings is 2. The van der Waals surface area contributed by atoms with Gasteiger partial charge in [-0.05, 0) is 36.4 Å². The van der Waals surface area contributed by atoms with Crippen molar-refractivity contribution in [2.24, 2.45) is 0 Å². The summed E-state index contributed by atoms with van der Waals surface area (Å²) in [6.07, 6.45) is -6.43. The van der Waals surface area contributed by atoms with Crippen molar-refractivity contribution in [1.82, 2.24) is 0 Å². The molecule has 0 radical (unpaired) electrons. The maximum Gasteiger partial charge on any atom is 0.229 e. The van der Waals surface area contributed by atoms with Crippen molar-refractivity contribution in [3.8, 4) is 23.0 Å². The molecule has 0 unspecified atom stereocenters. The van der Waals surface area contributed by atoms with Gasteiger partial charge in [-0.3, -0.25) is 9.59 Å². The summed E-state index contributed by atoms with van der Waals surface area (Å²) in [4.78, 5) is 21.1. The average Bonchev–Trinajstić information content (AvgIpc) is 2.85. The third-order valence-corrected chi connectivity index (χ3v) is 4.65. The van der Waals surface area contributed by atoms with Gasteiger partial charge in [-0.2, -0.15) is 0 Å². The molecule has 1 aliphatic heterocycles. The number of aliphatic hydroxyl groups excluding tert-OH is 4. The molecule has 0 saturated carbocycles. The predicted octanol–water partition coefficient (Wildman–Crippen LogP) is -0.100. The van der Waals surface area contributed by atoms with Crippen molar-refractivity contribution < 1.29 is 58.2 Å². The monoisotopic (exact) mass is 469 g/mol. The standard InChI is InChI=1S/C14H18O8.C8H8O3/c1-20-9-4-7(5-15)2-3-8(9)21-14-13(19)12(18)11(17)10(6-16)22-14;1-11-8-4-6(5-9)2-3-7(8)10/h2-5,10-14,16-19H,6H2,1H3;2-5,10H,1H3/t10-,11-,12+,13-,14-;/m1./s1/i1D3;. The van der Waals surface area contributed by atoms with Crippen molar-refractivity contribution in [2.75, 3.05) is 20.8 Å². The van der Waals surface area contributed by atoms with Gasteiger partial charge in [0.2, 0.25) is 6.29 Å². The van der Waals surface area contributed by atoms with Gasteiger partial charge in [-0.15, -0.1) is 0 Å². The normalized spacial score (nSPS) is 25.8. The quantitative estimate of drug-likeness (QED) is 0.343. The lowest BCUT2D eigenvalue weighted by Crippen LogP contribution is -2.60. The number of hydrogen-bond donors (Lipinski definition) is 5. The van der Waals surface area contributed by atoms with Gasteiger partial charge in [0.05, 0.1) is 24.9 Å². The van der Waals surface area contributed by atoms with Crippen LogP contribution in [0.2, 0.25) is 0 Å². The molecule has 180 valence electrons. The number of aldehydes is 2. The Morgan fingerprint density at radius 3 is 2.15 bits per heavy atom. The summed E-state index contributed by atoms with van der Waals surface area (Å²) in [7, 11) is -1.39. The molecule has 1 aliphatic rings. The summed E-state index contributed by atoms with van der Waals surface area (Å²) in [6, 6.07) is 8.08. The second-order valence-electron chi connectivity index (χ2n) is 6.79. The van der Waals surface area contributed by atoms with Crippen LogP contribution in [0.5, 0.6) is 23.0 Å². The molecule has 2 aromatic rings. The van der Waals surface area contributed by atoms with Crippen LogP contribution in [0.3, 0.4) is 0 Å². The SMILES string of the molecule is COc1cc(C=O)ccc1O.[2H]C([2H])([2H])Oc1cc(C=O)ccc1O[C@@H]1O[C@H](CO)[C@@H](O)[C@H](O)[C@H]1O. The van der Waals surface area contributed by atoms with Crippen LogP contribution in [0.15, 0.2) is 36.4 Å². The molecule has 1 saturated heterocycles. The number of rotatable bonds is 7. The Hall–Kier alpha value is -3.22. The number of phenols is 1. The Bertz CT molecular complexity index is 1030. The first-order valence-electron chi connectivity index (χ1n) is 11.0. The fourth-order valence-corrected chi connectivity index (χ4v) is 2.83. The highest BCUT2D eigenvalue weighted by Gasteiger charge is 2.44. The molecular weight excluding hydrogens is 440 g/mol. The van der Waals surface area contributed by atoms with Crippen LogP contribution in [0.1, 0.15) is 24.8 Å². The molecule has 0 aliphatic carbocycles. The molecule has 0 aromatic heterocycles. The lowest BCUT2D eigenvalue weighted by Gasteiger charge is -2.39. The number of phenolic OH excluding ortho intramolecular Hbond substituents is 1. The van der Waals surface area contributed by atoms with Gasteiger partial charge in [0.15, 0.2) is 23.0 Å². The van der Waals surface area contributed by atoms with Gasteiger partial charge in [-0.25, -0.2) is 0 Å². The number of hydrogen-bond acceptors (Lipinski definition) is 11. The van der Waals surface area contributed by atoms with E-state index in [0.29, 0.717) is 23.9 Å². The van der Waals surface area contributed by atoms with E-state index in [4.69, 9.17) is 33.3 Å². The van der Waals surface area contributed by atoms with Crippen molar-refractivity contribution >= 4 is 12.6 Å². The molecule has 11 heteroatoms. The van der Waals surface area contributed by atoms with E-state index in [1.165, 1.54) is 37.4 Å². The molecule has 33 heavy (non-hydrogen) atoms. The van der Waals surface area contributed by atoms with E-state index in [2.05, 4.69) is 0 Å². The van der Waals surface area contributed by atoms with Crippen LogP contribution in [0.4, 0.5) is 0 Å². The molecule has 0 bridgehead atoms. The first kappa shape index (κ1) is 21.6. The van der Waals surface area contributed by atoms with Crippen molar-refractivity contribution in [2.45, 2.75) is 30.7 Å². The van der Waals surface area contributed by atoms with E-state index < -0.39 is 44.4 Å². The highest BCUT2D eigenvalue weighted by molar-refractivity contribution is 5.76. The van der Waals surface area contributed by atoms with Gasteiger partial charge < -0.3 is 44.5 Å². The number of aromatic hydroxyl groups is 1. The smallest absolute Gasteiger partial charge is 0.229 e. The summed E-state index contributed by atoms with van der Waals surface area (Å²) >= 11 is 0. The van der Waals surface area contributed by atoms with Crippen LogP contribution in [-0.2, 0) is 4.74 Å². The van der Waals surface area contributed by atoms with Gasteiger partial charge in [0.1, 0.15) is 37.0 Å². The van der Waals surface area contributed by atoms with Gasteiger partial charge in [0, 0.05) is 11.1 Å². The zero-order valence-electron chi connectivity index (χ0n) is 20.4. The summed E-state index contributed by atoms with van der Waals surface area (Å²) < 4.78 is 41.5. The first-order valence-corrected chi connectivity index (χ1v) is 9.51. The van der Waals surface area contributed by atoms with E-state index in [0.717, 1.165) is 6.07 Å². The van der Waals surface area contributed by atoms with Crippen molar-refractivity contribution in [1.29, 1.82) is 0 Å². The fourth-order valence-electron chi connectivity index (χ4n) is 2.83. The second-order valence-corrected chi connectivity index (χ2v) is 6.79. The molecular formula is C22H26O11. The Morgan fingerprint density at radius 1 is 0.939 bits per heavy atom. The van der Waals surface area contributed by atoms with Crippen LogP contribution < -0.4 is 14.2 Å². The predicted molar refractivity (Wildman–Crippen MR) is 113 cm³/mol. The molecule has 3 rings (SSSR count). The summed E-state index contributed by atoms with van der Waals surface area (Å²) in [5.41, 5.74) is 0.611. The Balaban J connectivity index is 0.000000346.